The molecule has 2 aromatic rings. The van der Waals surface area contributed by atoms with E-state index in [0.29, 0.717) is 5.75 Å². The van der Waals surface area contributed by atoms with Crippen LogP contribution < -0.4 is 4.74 Å². The van der Waals surface area contributed by atoms with Gasteiger partial charge in [-0.3, -0.25) is 0 Å². The van der Waals surface area contributed by atoms with Gasteiger partial charge in [0.2, 0.25) is 0 Å². The van der Waals surface area contributed by atoms with Gasteiger partial charge in [-0.25, -0.2) is 9.78 Å². The largest absolute Gasteiger partial charge is 0.478 e. The maximum absolute atomic E-state index is 10.7. The van der Waals surface area contributed by atoms with Crippen LogP contribution in [0.25, 0.3) is 0 Å². The third kappa shape index (κ3) is 2.63. The topological polar surface area (TPSA) is 64.3 Å². The smallest absolute Gasteiger partial charge is 0.335 e. The van der Waals surface area contributed by atoms with Gasteiger partial charge in [-0.1, -0.05) is 0 Å². The van der Waals surface area contributed by atoms with Crippen LogP contribution in [0.1, 0.15) is 23.5 Å². The van der Waals surface area contributed by atoms with Crippen molar-refractivity contribution in [1.82, 2.24) is 9.55 Å². The first-order chi connectivity index (χ1) is 8.16. The number of nitrogens with zero attached hydrogens (tertiary/aromatic N) is 2. The fourth-order valence-corrected chi connectivity index (χ4v) is 1.42. The van der Waals surface area contributed by atoms with Crippen molar-refractivity contribution in [3.63, 3.8) is 0 Å². The highest BCUT2D eigenvalue weighted by molar-refractivity contribution is 5.87. The van der Waals surface area contributed by atoms with E-state index in [0.717, 1.165) is 0 Å². The number of aromatic carboxylic acids is 1. The third-order valence-electron chi connectivity index (χ3n) is 2.35. The molecule has 1 aromatic carbocycles. The monoisotopic (exact) mass is 232 g/mol. The van der Waals surface area contributed by atoms with Gasteiger partial charge in [-0.05, 0) is 31.2 Å². The highest BCUT2D eigenvalue weighted by atomic mass is 16.5. The van der Waals surface area contributed by atoms with E-state index in [1.165, 1.54) is 12.1 Å². The quantitative estimate of drug-likeness (QED) is 0.877. The van der Waals surface area contributed by atoms with Gasteiger partial charge in [0, 0.05) is 12.4 Å². The molecule has 1 atom stereocenters. The Bertz CT molecular complexity index is 491. The second-order valence-corrected chi connectivity index (χ2v) is 3.56. The van der Waals surface area contributed by atoms with Crippen LogP contribution in [-0.2, 0) is 0 Å². The fraction of sp³-hybridized carbons (Fsp3) is 0.167. The standard InChI is InChI=1S/C12H12N2O3/c1-9(14-7-6-13-8-14)17-11-4-2-10(3-5-11)12(15)16/h2-9H,1H3,(H,15,16). The summed E-state index contributed by atoms with van der Waals surface area (Å²) in [4.78, 5) is 14.6. The Labute approximate surface area is 98.3 Å². The van der Waals surface area contributed by atoms with Crippen LogP contribution in [0.4, 0.5) is 0 Å². The van der Waals surface area contributed by atoms with Crippen LogP contribution in [0.2, 0.25) is 0 Å². The summed E-state index contributed by atoms with van der Waals surface area (Å²) in [5, 5.41) is 8.75. The summed E-state index contributed by atoms with van der Waals surface area (Å²) in [5.41, 5.74) is 0.243. The van der Waals surface area contributed by atoms with Gasteiger partial charge in [-0.2, -0.15) is 0 Å². The number of rotatable bonds is 4. The molecule has 0 aliphatic heterocycles. The van der Waals surface area contributed by atoms with Gasteiger partial charge >= 0.3 is 5.97 Å². The maximum Gasteiger partial charge on any atom is 0.335 e. The lowest BCUT2D eigenvalue weighted by Crippen LogP contribution is -2.10. The van der Waals surface area contributed by atoms with Gasteiger partial charge < -0.3 is 14.4 Å². The molecule has 88 valence electrons. The summed E-state index contributed by atoms with van der Waals surface area (Å²) in [7, 11) is 0. The zero-order valence-electron chi connectivity index (χ0n) is 9.28. The lowest BCUT2D eigenvalue weighted by atomic mass is 10.2. The molecule has 0 amide bonds. The first-order valence-electron chi connectivity index (χ1n) is 5.14. The number of benzene rings is 1. The van der Waals surface area contributed by atoms with Crippen LogP contribution in [0, 0.1) is 0 Å². The van der Waals surface area contributed by atoms with Gasteiger partial charge in [0.05, 0.1) is 11.9 Å². The number of hydrogen-bond acceptors (Lipinski definition) is 3. The molecule has 5 heteroatoms. The third-order valence-corrected chi connectivity index (χ3v) is 2.35. The number of aromatic nitrogens is 2. The minimum absolute atomic E-state index is 0.187. The van der Waals surface area contributed by atoms with E-state index in [1.54, 1.807) is 30.9 Å². The van der Waals surface area contributed by atoms with E-state index in [4.69, 9.17) is 9.84 Å². The fourth-order valence-electron chi connectivity index (χ4n) is 1.42. The van der Waals surface area contributed by atoms with Crippen LogP contribution in [-0.4, -0.2) is 20.6 Å². The second-order valence-electron chi connectivity index (χ2n) is 3.56. The highest BCUT2D eigenvalue weighted by Gasteiger charge is 2.06. The van der Waals surface area contributed by atoms with E-state index in [1.807, 2.05) is 11.5 Å². The van der Waals surface area contributed by atoms with Gasteiger partial charge in [0.1, 0.15) is 5.75 Å². The van der Waals surface area contributed by atoms with E-state index >= 15 is 0 Å². The summed E-state index contributed by atoms with van der Waals surface area (Å²) in [6.07, 6.45) is 4.95. The Hall–Kier alpha value is -2.30. The molecule has 2 rings (SSSR count). The molecule has 17 heavy (non-hydrogen) atoms. The molecule has 0 spiro atoms. The number of carbonyl (C=O) groups is 1. The normalized spacial score (nSPS) is 12.1. The molecular formula is C12H12N2O3. The average Bonchev–Trinajstić information content (AvgIpc) is 2.83. The minimum Gasteiger partial charge on any atom is -0.478 e. The van der Waals surface area contributed by atoms with Gasteiger partial charge in [-0.15, -0.1) is 0 Å². The Morgan fingerprint density at radius 3 is 2.65 bits per heavy atom. The van der Waals surface area contributed by atoms with Crippen molar-refractivity contribution in [2.24, 2.45) is 0 Å². The van der Waals surface area contributed by atoms with Crippen molar-refractivity contribution in [1.29, 1.82) is 0 Å². The van der Waals surface area contributed by atoms with E-state index < -0.39 is 5.97 Å². The van der Waals surface area contributed by atoms with Crippen LogP contribution in [0.15, 0.2) is 43.0 Å². The van der Waals surface area contributed by atoms with Gasteiger partial charge in [0.25, 0.3) is 0 Å². The van der Waals surface area contributed by atoms with Crippen molar-refractivity contribution in [3.05, 3.63) is 48.5 Å². The molecule has 1 N–H and O–H groups in total. The Morgan fingerprint density at radius 1 is 1.41 bits per heavy atom. The first-order valence-corrected chi connectivity index (χ1v) is 5.14. The number of hydrogen-bond donors (Lipinski definition) is 1. The second kappa shape index (κ2) is 4.69. The summed E-state index contributed by atoms with van der Waals surface area (Å²) in [5.74, 6) is -0.324. The molecule has 0 saturated carbocycles. The highest BCUT2D eigenvalue weighted by Crippen LogP contribution is 2.17. The molecule has 1 unspecified atom stereocenters. The Balaban J connectivity index is 2.06. The number of ether oxygens (including phenoxy) is 1. The molecule has 0 aliphatic carbocycles. The van der Waals surface area contributed by atoms with Crippen molar-refractivity contribution in [3.8, 4) is 5.75 Å². The number of carboxylic acids is 1. The van der Waals surface area contributed by atoms with Crippen molar-refractivity contribution >= 4 is 5.97 Å². The van der Waals surface area contributed by atoms with Crippen molar-refractivity contribution < 1.29 is 14.6 Å². The zero-order chi connectivity index (χ0) is 12.3. The molecule has 0 fully saturated rings. The zero-order valence-corrected chi connectivity index (χ0v) is 9.28. The van der Waals surface area contributed by atoms with Crippen LogP contribution in [0.3, 0.4) is 0 Å². The molecule has 0 saturated heterocycles. The maximum atomic E-state index is 10.7. The van der Waals surface area contributed by atoms with E-state index in [-0.39, 0.29) is 11.8 Å². The summed E-state index contributed by atoms with van der Waals surface area (Å²) in [6.45, 7) is 1.88. The lowest BCUT2D eigenvalue weighted by molar-refractivity contribution is 0.0697. The minimum atomic E-state index is -0.945. The predicted molar refractivity (Wildman–Crippen MR) is 61.0 cm³/mol. The molecule has 0 bridgehead atoms. The first kappa shape index (κ1) is 11.2. The predicted octanol–water partition coefficient (Wildman–Crippen LogP) is 2.18. The molecule has 5 nitrogen and oxygen atoms in total. The summed E-state index contributed by atoms with van der Waals surface area (Å²) in [6, 6.07) is 6.30. The summed E-state index contributed by atoms with van der Waals surface area (Å²) < 4.78 is 7.43. The SMILES string of the molecule is CC(Oc1ccc(C(=O)O)cc1)n1ccnc1. The van der Waals surface area contributed by atoms with Crippen LogP contribution in [0.5, 0.6) is 5.75 Å². The van der Waals surface area contributed by atoms with Crippen molar-refractivity contribution in [2.45, 2.75) is 13.2 Å². The molecular weight excluding hydrogens is 220 g/mol. The molecule has 0 aliphatic rings. The average molecular weight is 232 g/mol. The molecule has 0 radical (unpaired) electrons. The number of imidazole rings is 1. The van der Waals surface area contributed by atoms with Gasteiger partial charge in [0.15, 0.2) is 6.23 Å². The van der Waals surface area contributed by atoms with Crippen molar-refractivity contribution in [2.75, 3.05) is 0 Å². The van der Waals surface area contributed by atoms with E-state index in [9.17, 15) is 4.79 Å². The summed E-state index contributed by atoms with van der Waals surface area (Å²) >= 11 is 0. The number of carboxylic acid groups (broad SMARTS) is 1. The lowest BCUT2D eigenvalue weighted by Gasteiger charge is -2.15. The van der Waals surface area contributed by atoms with E-state index in [2.05, 4.69) is 4.98 Å². The Morgan fingerprint density at radius 2 is 2.12 bits per heavy atom. The Kier molecular flexibility index (Phi) is 3.09. The van der Waals surface area contributed by atoms with Crippen LogP contribution >= 0.6 is 0 Å². The molecule has 1 aromatic heterocycles. The molecule has 1 heterocycles.